The Labute approximate surface area is 148 Å². The Balaban J connectivity index is 0. The van der Waals surface area contributed by atoms with Gasteiger partial charge in [0.15, 0.2) is 5.78 Å². The molecule has 0 spiro atoms. The van der Waals surface area contributed by atoms with E-state index in [1.807, 2.05) is 0 Å². The van der Waals surface area contributed by atoms with Crippen molar-refractivity contribution in [1.82, 2.24) is 10.6 Å². The zero-order chi connectivity index (χ0) is 16.6. The van der Waals surface area contributed by atoms with Gasteiger partial charge in [-0.2, -0.15) is 0 Å². The minimum absolute atomic E-state index is 0. The van der Waals surface area contributed by atoms with E-state index in [1.165, 1.54) is 0 Å². The summed E-state index contributed by atoms with van der Waals surface area (Å²) in [5, 5.41) is 13.7. The number of hydrogen-bond acceptors (Lipinski definition) is 6. The number of nitrogens with one attached hydrogen (secondary N) is 2. The number of ketones is 1. The largest absolute Gasteiger partial charge is 0.394 e. The molecule has 2 amide bonds. The average molecular weight is 369 g/mol. The molecule has 8 nitrogen and oxygen atoms in total. The van der Waals surface area contributed by atoms with E-state index in [0.29, 0.717) is 13.0 Å². The molecule has 0 saturated heterocycles. The van der Waals surface area contributed by atoms with Crippen molar-refractivity contribution in [3.05, 3.63) is 0 Å². The van der Waals surface area contributed by atoms with Crippen molar-refractivity contribution < 1.29 is 47.5 Å². The molecular weight excluding hydrogens is 343 g/mol. The molecule has 0 aliphatic heterocycles. The maximum atomic E-state index is 11.4. The molecule has 0 aromatic heterocycles. The van der Waals surface area contributed by atoms with E-state index in [2.05, 4.69) is 10.6 Å². The number of aliphatic hydroxyl groups excluding tert-OH is 1. The quantitative estimate of drug-likeness (QED) is 0.339. The van der Waals surface area contributed by atoms with Gasteiger partial charge >= 0.3 is 0 Å². The van der Waals surface area contributed by atoms with Gasteiger partial charge in [0.1, 0.15) is 6.61 Å². The van der Waals surface area contributed by atoms with Crippen LogP contribution in [-0.2, 0) is 42.4 Å². The summed E-state index contributed by atoms with van der Waals surface area (Å²) < 4.78 is 10.0. The molecule has 9 heteroatoms. The van der Waals surface area contributed by atoms with E-state index in [1.54, 1.807) is 6.92 Å². The molecule has 3 N–H and O–H groups in total. The number of amides is 2. The van der Waals surface area contributed by atoms with Crippen molar-refractivity contribution in [3.63, 3.8) is 0 Å². The second-order valence-corrected chi connectivity index (χ2v) is 4.48. The van der Waals surface area contributed by atoms with Gasteiger partial charge in [0, 0.05) is 50.9 Å². The van der Waals surface area contributed by atoms with Crippen molar-refractivity contribution in [2.45, 2.75) is 26.2 Å². The van der Waals surface area contributed by atoms with Crippen molar-refractivity contribution in [3.8, 4) is 0 Å². The van der Waals surface area contributed by atoms with Crippen LogP contribution in [0.25, 0.3) is 0 Å². The predicted molar refractivity (Wildman–Crippen MR) is 79.3 cm³/mol. The topological polar surface area (TPSA) is 114 Å². The van der Waals surface area contributed by atoms with Gasteiger partial charge in [-0.3, -0.25) is 14.4 Å². The first kappa shape index (κ1) is 24.3. The predicted octanol–water partition coefficient (Wildman–Crippen LogP) is -0.999. The van der Waals surface area contributed by atoms with Crippen LogP contribution < -0.4 is 10.6 Å². The first-order valence-electron chi connectivity index (χ1n) is 7.41. The molecule has 0 aliphatic carbocycles. The van der Waals surface area contributed by atoms with Gasteiger partial charge in [-0.05, 0) is 0 Å². The molecule has 0 heterocycles. The second kappa shape index (κ2) is 17.4. The summed E-state index contributed by atoms with van der Waals surface area (Å²) in [5.74, 6) is -0.369. The average Bonchev–Trinajstić information content (AvgIpc) is 2.51. The molecule has 0 fully saturated rings. The Kier molecular flexibility index (Phi) is 18.4. The maximum Gasteiger partial charge on any atom is 0.222 e. The number of carbonyl (C=O) groups excluding carboxylic acids is 3. The fourth-order valence-corrected chi connectivity index (χ4v) is 1.37. The number of hydrogen-bond donors (Lipinski definition) is 3. The van der Waals surface area contributed by atoms with Crippen LogP contribution in [0.3, 0.4) is 0 Å². The molecule has 0 aromatic rings. The van der Waals surface area contributed by atoms with E-state index in [-0.39, 0.29) is 88.6 Å². The van der Waals surface area contributed by atoms with Crippen LogP contribution >= 0.6 is 0 Å². The number of Topliss-reactive ketones (excluding diaryl/α,β-unsaturated/α-hetero) is 1. The van der Waals surface area contributed by atoms with Crippen molar-refractivity contribution >= 4 is 17.6 Å². The summed E-state index contributed by atoms with van der Waals surface area (Å²) >= 11 is 0. The molecule has 0 atom stereocenters. The molecule has 0 aliphatic rings. The van der Waals surface area contributed by atoms with Gasteiger partial charge in [0.25, 0.3) is 0 Å². The van der Waals surface area contributed by atoms with E-state index in [0.717, 1.165) is 0 Å². The van der Waals surface area contributed by atoms with Gasteiger partial charge in [-0.25, -0.2) is 0 Å². The van der Waals surface area contributed by atoms with E-state index < -0.39 is 0 Å². The second-order valence-electron chi connectivity index (χ2n) is 4.48. The van der Waals surface area contributed by atoms with Crippen LogP contribution in [0.15, 0.2) is 0 Å². The summed E-state index contributed by atoms with van der Waals surface area (Å²) in [6, 6.07) is 0. The molecule has 0 aromatic carbocycles. The molecule has 1 radical (unpaired) electrons. The summed E-state index contributed by atoms with van der Waals surface area (Å²) in [5.41, 5.74) is 0. The molecule has 0 unspecified atom stereocenters. The van der Waals surface area contributed by atoms with Crippen LogP contribution in [0.2, 0.25) is 0 Å². The van der Waals surface area contributed by atoms with Gasteiger partial charge in [0.2, 0.25) is 11.8 Å². The molecule has 133 valence electrons. The van der Waals surface area contributed by atoms with Crippen molar-refractivity contribution in [1.29, 1.82) is 0 Å². The molecule has 0 saturated carbocycles. The Morgan fingerprint density at radius 2 is 1.57 bits per heavy atom. The molecule has 23 heavy (non-hydrogen) atoms. The van der Waals surface area contributed by atoms with Crippen molar-refractivity contribution in [2.24, 2.45) is 0 Å². The summed E-state index contributed by atoms with van der Waals surface area (Å²) in [7, 11) is 0. The third-order valence-corrected chi connectivity index (χ3v) is 2.61. The number of ether oxygens (including phenoxy) is 2. The van der Waals surface area contributed by atoms with E-state index in [9.17, 15) is 14.4 Å². The summed E-state index contributed by atoms with van der Waals surface area (Å²) in [6.45, 7) is 3.08. The van der Waals surface area contributed by atoms with E-state index in [4.69, 9.17) is 14.6 Å². The van der Waals surface area contributed by atoms with Gasteiger partial charge in [0.05, 0.1) is 26.4 Å². The number of carbonyl (C=O) groups is 3. The smallest absolute Gasteiger partial charge is 0.222 e. The molecular formula is C14H26N2O6V. The zero-order valence-corrected chi connectivity index (χ0v) is 14.9. The maximum absolute atomic E-state index is 11.4. The number of rotatable bonds is 14. The SMILES string of the molecule is CCC(=O)COCCNC(=O)CCNC(=O)CCOCCO.[V]. The van der Waals surface area contributed by atoms with Gasteiger partial charge in [-0.1, -0.05) is 6.92 Å². The van der Waals surface area contributed by atoms with E-state index >= 15 is 0 Å². The molecule has 0 bridgehead atoms. The third-order valence-electron chi connectivity index (χ3n) is 2.61. The fourth-order valence-electron chi connectivity index (χ4n) is 1.37. The third kappa shape index (κ3) is 17.3. The first-order valence-corrected chi connectivity index (χ1v) is 7.41. The minimum atomic E-state index is -0.202. The standard InChI is InChI=1S/C14H26N2O6.V/c1-2-12(18)11-22-9-6-16-13(19)3-5-15-14(20)4-8-21-10-7-17;/h17H,2-11H2,1H3,(H,15,20)(H,16,19);. The van der Waals surface area contributed by atoms with Crippen LogP contribution in [0.4, 0.5) is 0 Å². The first-order chi connectivity index (χ1) is 10.6. The molecule has 0 rings (SSSR count). The van der Waals surface area contributed by atoms with Crippen LogP contribution in [0.1, 0.15) is 26.2 Å². The van der Waals surface area contributed by atoms with Crippen molar-refractivity contribution in [2.75, 3.05) is 46.1 Å². The Morgan fingerprint density at radius 1 is 0.913 bits per heavy atom. The Bertz CT molecular complexity index is 341. The van der Waals surface area contributed by atoms with Gasteiger partial charge < -0.3 is 25.2 Å². The van der Waals surface area contributed by atoms with Crippen LogP contribution in [0.5, 0.6) is 0 Å². The monoisotopic (exact) mass is 369 g/mol. The zero-order valence-electron chi connectivity index (χ0n) is 13.5. The summed E-state index contributed by atoms with van der Waals surface area (Å²) in [4.78, 5) is 33.7. The minimum Gasteiger partial charge on any atom is -0.394 e. The normalized spacial score (nSPS) is 9.83. The fraction of sp³-hybridized carbons (Fsp3) is 0.786. The summed E-state index contributed by atoms with van der Waals surface area (Å²) in [6.07, 6.45) is 0.815. The van der Waals surface area contributed by atoms with Crippen LogP contribution in [0, 0.1) is 0 Å². The number of aliphatic hydroxyl groups is 1. The van der Waals surface area contributed by atoms with Gasteiger partial charge in [-0.15, -0.1) is 0 Å². The van der Waals surface area contributed by atoms with Crippen LogP contribution in [-0.4, -0.2) is 68.8 Å². The Morgan fingerprint density at radius 3 is 2.22 bits per heavy atom. The Hall–Kier alpha value is -0.926.